The highest BCUT2D eigenvalue weighted by atomic mass is 32.2. The molecule has 17 heavy (non-hydrogen) atoms. The molecule has 0 radical (unpaired) electrons. The lowest BCUT2D eigenvalue weighted by Gasteiger charge is -2.28. The van der Waals surface area contributed by atoms with Crippen LogP contribution in [0.15, 0.2) is 64.9 Å². The van der Waals surface area contributed by atoms with E-state index in [0.29, 0.717) is 0 Å². The third-order valence-electron chi connectivity index (χ3n) is 2.96. The zero-order valence-electron chi connectivity index (χ0n) is 9.63. The SMILES string of the molecule is CN1C(c2ccccc2)=CSc2ccccc21. The van der Waals surface area contributed by atoms with Crippen LogP contribution < -0.4 is 4.90 Å². The minimum atomic E-state index is 1.26. The van der Waals surface area contributed by atoms with Crippen LogP contribution in [0.2, 0.25) is 0 Å². The van der Waals surface area contributed by atoms with Crippen LogP contribution in [0.4, 0.5) is 5.69 Å². The first-order valence-electron chi connectivity index (χ1n) is 5.61. The van der Waals surface area contributed by atoms with Crippen molar-refractivity contribution in [3.8, 4) is 0 Å². The van der Waals surface area contributed by atoms with Crippen molar-refractivity contribution in [3.63, 3.8) is 0 Å². The van der Waals surface area contributed by atoms with Gasteiger partial charge in [-0.1, -0.05) is 54.2 Å². The van der Waals surface area contributed by atoms with Crippen LogP contribution in [0.5, 0.6) is 0 Å². The molecule has 0 fully saturated rings. The second-order valence-corrected chi connectivity index (χ2v) is 4.92. The fourth-order valence-corrected chi connectivity index (χ4v) is 3.05. The lowest BCUT2D eigenvalue weighted by Crippen LogP contribution is -2.17. The summed E-state index contributed by atoms with van der Waals surface area (Å²) in [6.45, 7) is 0. The predicted molar refractivity (Wildman–Crippen MR) is 75.1 cm³/mol. The van der Waals surface area contributed by atoms with Gasteiger partial charge in [-0.3, -0.25) is 0 Å². The van der Waals surface area contributed by atoms with E-state index in [0.717, 1.165) is 0 Å². The molecule has 0 atom stereocenters. The molecule has 0 unspecified atom stereocenters. The topological polar surface area (TPSA) is 3.24 Å². The summed E-state index contributed by atoms with van der Waals surface area (Å²) in [7, 11) is 2.12. The summed E-state index contributed by atoms with van der Waals surface area (Å²) in [5.74, 6) is 0. The number of rotatable bonds is 1. The highest BCUT2D eigenvalue weighted by molar-refractivity contribution is 8.02. The smallest absolute Gasteiger partial charge is 0.0549 e. The minimum absolute atomic E-state index is 1.26. The molecule has 0 saturated carbocycles. The van der Waals surface area contributed by atoms with Crippen molar-refractivity contribution < 1.29 is 0 Å². The standard InChI is InChI=1S/C15H13NS/c1-16-13-9-5-6-10-15(13)17-11-14(16)12-7-3-2-4-8-12/h2-11H,1H3. The number of para-hydroxylation sites is 1. The van der Waals surface area contributed by atoms with Gasteiger partial charge in [0.15, 0.2) is 0 Å². The zero-order chi connectivity index (χ0) is 11.7. The Hall–Kier alpha value is -1.67. The van der Waals surface area contributed by atoms with Gasteiger partial charge in [-0.2, -0.15) is 0 Å². The van der Waals surface area contributed by atoms with Crippen LogP contribution in [-0.4, -0.2) is 7.05 Å². The quantitative estimate of drug-likeness (QED) is 0.732. The molecule has 2 heteroatoms. The van der Waals surface area contributed by atoms with E-state index in [4.69, 9.17) is 0 Å². The summed E-state index contributed by atoms with van der Waals surface area (Å²) in [5, 5.41) is 2.22. The van der Waals surface area contributed by atoms with Crippen LogP contribution >= 0.6 is 11.8 Å². The number of thioether (sulfide) groups is 1. The first-order valence-corrected chi connectivity index (χ1v) is 6.49. The summed E-state index contributed by atoms with van der Waals surface area (Å²) < 4.78 is 0. The summed E-state index contributed by atoms with van der Waals surface area (Å²) in [6.07, 6.45) is 0. The monoisotopic (exact) mass is 239 g/mol. The van der Waals surface area contributed by atoms with Crippen LogP contribution in [0.25, 0.3) is 5.70 Å². The first-order chi connectivity index (χ1) is 8.36. The number of hydrogen-bond donors (Lipinski definition) is 0. The van der Waals surface area contributed by atoms with Gasteiger partial charge in [-0.05, 0) is 17.7 Å². The van der Waals surface area contributed by atoms with Gasteiger partial charge in [-0.25, -0.2) is 0 Å². The van der Waals surface area contributed by atoms with E-state index in [9.17, 15) is 0 Å². The van der Waals surface area contributed by atoms with E-state index in [-0.39, 0.29) is 0 Å². The molecule has 0 bridgehead atoms. The molecule has 0 aliphatic carbocycles. The lowest BCUT2D eigenvalue weighted by atomic mass is 10.1. The summed E-state index contributed by atoms with van der Waals surface area (Å²) >= 11 is 1.79. The lowest BCUT2D eigenvalue weighted by molar-refractivity contribution is 1.17. The Labute approximate surface area is 106 Å². The normalized spacial score (nSPS) is 14.2. The highest BCUT2D eigenvalue weighted by Gasteiger charge is 2.17. The molecule has 2 aromatic rings. The first kappa shape index (κ1) is 10.5. The summed E-state index contributed by atoms with van der Waals surface area (Å²) in [4.78, 5) is 3.57. The molecule has 0 aromatic heterocycles. The van der Waals surface area contributed by atoms with E-state index in [1.165, 1.54) is 21.8 Å². The van der Waals surface area contributed by atoms with Crippen molar-refractivity contribution in [2.75, 3.05) is 11.9 Å². The fourth-order valence-electron chi connectivity index (χ4n) is 2.03. The minimum Gasteiger partial charge on any atom is -0.343 e. The van der Waals surface area contributed by atoms with E-state index in [1.807, 2.05) is 6.07 Å². The second-order valence-electron chi connectivity index (χ2n) is 4.01. The number of anilines is 1. The Morgan fingerprint density at radius 2 is 1.59 bits per heavy atom. The summed E-state index contributed by atoms with van der Waals surface area (Å²) in [5.41, 5.74) is 3.80. The maximum absolute atomic E-state index is 2.25. The molecule has 1 aliphatic heterocycles. The third-order valence-corrected chi connectivity index (χ3v) is 3.90. The molecule has 0 spiro atoms. The van der Waals surface area contributed by atoms with E-state index >= 15 is 0 Å². The summed E-state index contributed by atoms with van der Waals surface area (Å²) in [6, 6.07) is 19.0. The van der Waals surface area contributed by atoms with Gasteiger partial charge in [0.1, 0.15) is 0 Å². The molecule has 0 amide bonds. The molecule has 1 heterocycles. The largest absolute Gasteiger partial charge is 0.343 e. The van der Waals surface area contributed by atoms with Gasteiger partial charge in [0.2, 0.25) is 0 Å². The molecule has 3 rings (SSSR count). The Kier molecular flexibility index (Phi) is 2.65. The highest BCUT2D eigenvalue weighted by Crippen LogP contribution is 2.40. The van der Waals surface area contributed by atoms with Crippen molar-refractivity contribution in [1.82, 2.24) is 0 Å². The molecular formula is C15H13NS. The van der Waals surface area contributed by atoms with Crippen molar-refractivity contribution in [1.29, 1.82) is 0 Å². The van der Waals surface area contributed by atoms with Gasteiger partial charge in [-0.15, -0.1) is 0 Å². The fraction of sp³-hybridized carbons (Fsp3) is 0.0667. The van der Waals surface area contributed by atoms with E-state index in [1.54, 1.807) is 11.8 Å². The molecular weight excluding hydrogens is 226 g/mol. The number of benzene rings is 2. The van der Waals surface area contributed by atoms with Crippen molar-refractivity contribution in [2.24, 2.45) is 0 Å². The Morgan fingerprint density at radius 3 is 2.41 bits per heavy atom. The van der Waals surface area contributed by atoms with Gasteiger partial charge < -0.3 is 4.90 Å². The van der Waals surface area contributed by atoms with Crippen molar-refractivity contribution in [3.05, 3.63) is 65.6 Å². The van der Waals surface area contributed by atoms with Gasteiger partial charge >= 0.3 is 0 Å². The molecule has 2 aromatic carbocycles. The average Bonchev–Trinajstić information content (AvgIpc) is 2.40. The predicted octanol–water partition coefficient (Wildman–Crippen LogP) is 4.23. The Balaban J connectivity index is 2.04. The van der Waals surface area contributed by atoms with E-state index < -0.39 is 0 Å². The molecule has 1 nitrogen and oxygen atoms in total. The average molecular weight is 239 g/mol. The molecule has 0 saturated heterocycles. The molecule has 1 aliphatic rings. The third kappa shape index (κ3) is 1.85. The van der Waals surface area contributed by atoms with Gasteiger partial charge in [0.05, 0.1) is 11.4 Å². The van der Waals surface area contributed by atoms with Gasteiger partial charge in [0.25, 0.3) is 0 Å². The number of hydrogen-bond acceptors (Lipinski definition) is 2. The zero-order valence-corrected chi connectivity index (χ0v) is 10.4. The second kappa shape index (κ2) is 4.30. The number of fused-ring (bicyclic) bond motifs is 1. The van der Waals surface area contributed by atoms with Crippen LogP contribution in [0, 0.1) is 0 Å². The Bertz CT molecular complexity index is 560. The molecule has 0 N–H and O–H groups in total. The molecule has 84 valence electrons. The van der Waals surface area contributed by atoms with Crippen LogP contribution in [0.3, 0.4) is 0 Å². The van der Waals surface area contributed by atoms with Gasteiger partial charge in [0, 0.05) is 17.4 Å². The maximum Gasteiger partial charge on any atom is 0.0549 e. The Morgan fingerprint density at radius 1 is 0.882 bits per heavy atom. The van der Waals surface area contributed by atoms with E-state index in [2.05, 4.69) is 65.9 Å². The van der Waals surface area contributed by atoms with Crippen molar-refractivity contribution >= 4 is 23.1 Å². The van der Waals surface area contributed by atoms with Crippen molar-refractivity contribution in [2.45, 2.75) is 4.90 Å². The number of nitrogens with zero attached hydrogens (tertiary/aromatic N) is 1. The van der Waals surface area contributed by atoms with Crippen LogP contribution in [-0.2, 0) is 0 Å². The maximum atomic E-state index is 2.25. The van der Waals surface area contributed by atoms with Crippen LogP contribution in [0.1, 0.15) is 5.56 Å².